The van der Waals surface area contributed by atoms with Crippen LogP contribution in [0, 0.1) is 0 Å². The highest BCUT2D eigenvalue weighted by atomic mass is 35.5. The standard InChI is InChI=1S/C31H26N2O6S.ClH/c1-37-30-19-24(31(34)33-40(35,36)27-11-3-2-4-12-27)15-17-29(30)39-20-22-8-7-10-26(18-22)38-21-25-16-14-23-9-5-6-13-28(23)32-25;/h2-19H,20-21H2,1H3,(H,33,34);1H. The molecule has 0 aliphatic rings. The van der Waals surface area contributed by atoms with Gasteiger partial charge in [0.2, 0.25) is 0 Å². The molecule has 5 rings (SSSR count). The number of hydrogen-bond donors (Lipinski definition) is 1. The zero-order chi connectivity index (χ0) is 28.0. The summed E-state index contributed by atoms with van der Waals surface area (Å²) in [4.78, 5) is 17.3. The minimum Gasteiger partial charge on any atom is -0.493 e. The molecule has 8 nitrogen and oxygen atoms in total. The fraction of sp³-hybridized carbons (Fsp3) is 0.0968. The fourth-order valence-corrected chi connectivity index (χ4v) is 4.99. The molecule has 0 atom stereocenters. The Morgan fingerprint density at radius 1 is 0.780 bits per heavy atom. The van der Waals surface area contributed by atoms with Gasteiger partial charge in [-0.25, -0.2) is 18.1 Å². The first-order valence-electron chi connectivity index (χ1n) is 12.4. The van der Waals surface area contributed by atoms with Gasteiger partial charge in [0.25, 0.3) is 15.9 Å². The molecule has 41 heavy (non-hydrogen) atoms. The number of para-hydroxylation sites is 1. The molecule has 0 radical (unpaired) electrons. The van der Waals surface area contributed by atoms with E-state index in [0.29, 0.717) is 23.9 Å². The second-order valence-corrected chi connectivity index (χ2v) is 10.5. The Kier molecular flexibility index (Phi) is 9.44. The van der Waals surface area contributed by atoms with Crippen molar-refractivity contribution < 1.29 is 27.4 Å². The van der Waals surface area contributed by atoms with Crippen molar-refractivity contribution in [3.05, 3.63) is 126 Å². The highest BCUT2D eigenvalue weighted by Crippen LogP contribution is 2.29. The van der Waals surface area contributed by atoms with Crippen LogP contribution in [0.4, 0.5) is 0 Å². The van der Waals surface area contributed by atoms with Crippen molar-refractivity contribution in [1.82, 2.24) is 9.71 Å². The molecule has 1 N–H and O–H groups in total. The normalized spacial score (nSPS) is 10.9. The summed E-state index contributed by atoms with van der Waals surface area (Å²) >= 11 is 0. The maximum atomic E-state index is 12.7. The van der Waals surface area contributed by atoms with Gasteiger partial charge in [0.15, 0.2) is 11.5 Å². The van der Waals surface area contributed by atoms with Crippen LogP contribution in [0.15, 0.2) is 114 Å². The molecule has 5 aromatic rings. The van der Waals surface area contributed by atoms with Crippen molar-refractivity contribution in [3.8, 4) is 17.2 Å². The van der Waals surface area contributed by atoms with Crippen LogP contribution < -0.4 is 18.9 Å². The van der Waals surface area contributed by atoms with Crippen molar-refractivity contribution >= 4 is 39.2 Å². The Hall–Kier alpha value is -4.60. The summed E-state index contributed by atoms with van der Waals surface area (Å²) in [7, 11) is -2.56. The quantitative estimate of drug-likeness (QED) is 0.215. The molecule has 1 heterocycles. The van der Waals surface area contributed by atoms with E-state index in [4.69, 9.17) is 14.2 Å². The predicted molar refractivity (Wildman–Crippen MR) is 158 cm³/mol. The number of benzene rings is 4. The van der Waals surface area contributed by atoms with Gasteiger partial charge in [-0.2, -0.15) is 0 Å². The number of carbonyl (C=O) groups is 1. The minimum absolute atomic E-state index is 0. The molecule has 0 saturated heterocycles. The van der Waals surface area contributed by atoms with E-state index < -0.39 is 15.9 Å². The maximum Gasteiger partial charge on any atom is 0.265 e. The Balaban J connectivity index is 0.00000387. The molecule has 0 unspecified atom stereocenters. The molecule has 10 heteroatoms. The van der Waals surface area contributed by atoms with Crippen molar-refractivity contribution in [1.29, 1.82) is 0 Å². The molecule has 0 aliphatic heterocycles. The first-order valence-corrected chi connectivity index (χ1v) is 13.9. The van der Waals surface area contributed by atoms with Gasteiger partial charge in [-0.1, -0.05) is 54.6 Å². The number of halogens is 1. The number of pyridine rings is 1. The monoisotopic (exact) mass is 590 g/mol. The van der Waals surface area contributed by atoms with Crippen LogP contribution in [0.2, 0.25) is 0 Å². The summed E-state index contributed by atoms with van der Waals surface area (Å²) in [6.07, 6.45) is 0. The lowest BCUT2D eigenvalue weighted by atomic mass is 10.2. The zero-order valence-corrected chi connectivity index (χ0v) is 23.7. The highest BCUT2D eigenvalue weighted by Gasteiger charge is 2.19. The first kappa shape index (κ1) is 29.4. The number of rotatable bonds is 10. The smallest absolute Gasteiger partial charge is 0.265 e. The summed E-state index contributed by atoms with van der Waals surface area (Å²) in [6.45, 7) is 0.544. The van der Waals surface area contributed by atoms with E-state index in [9.17, 15) is 13.2 Å². The molecule has 0 saturated carbocycles. The first-order chi connectivity index (χ1) is 19.4. The van der Waals surface area contributed by atoms with Gasteiger partial charge in [0.1, 0.15) is 19.0 Å². The Morgan fingerprint density at radius 3 is 2.37 bits per heavy atom. The maximum absolute atomic E-state index is 12.7. The lowest BCUT2D eigenvalue weighted by molar-refractivity contribution is 0.0981. The number of methoxy groups -OCH3 is 1. The van der Waals surface area contributed by atoms with Crippen molar-refractivity contribution in [2.45, 2.75) is 18.1 Å². The van der Waals surface area contributed by atoms with Gasteiger partial charge in [-0.3, -0.25) is 4.79 Å². The van der Waals surface area contributed by atoms with Gasteiger partial charge < -0.3 is 14.2 Å². The topological polar surface area (TPSA) is 104 Å². The van der Waals surface area contributed by atoms with E-state index in [0.717, 1.165) is 22.2 Å². The average Bonchev–Trinajstić information content (AvgIpc) is 2.99. The minimum atomic E-state index is -4.01. The van der Waals surface area contributed by atoms with E-state index in [1.54, 1.807) is 24.3 Å². The number of aromatic nitrogens is 1. The summed E-state index contributed by atoms with van der Waals surface area (Å²) in [6, 6.07) is 31.6. The van der Waals surface area contributed by atoms with Gasteiger partial charge in [-0.15, -0.1) is 12.4 Å². The highest BCUT2D eigenvalue weighted by molar-refractivity contribution is 7.90. The number of nitrogens with zero attached hydrogens (tertiary/aromatic N) is 1. The van der Waals surface area contributed by atoms with Crippen LogP contribution in [0.25, 0.3) is 10.9 Å². The lowest BCUT2D eigenvalue weighted by Crippen LogP contribution is -2.30. The van der Waals surface area contributed by atoms with Crippen LogP contribution in [0.1, 0.15) is 21.6 Å². The molecule has 0 aliphatic carbocycles. The Bertz CT molecular complexity index is 1760. The molecular weight excluding hydrogens is 564 g/mol. The van der Waals surface area contributed by atoms with Crippen molar-refractivity contribution in [2.24, 2.45) is 0 Å². The van der Waals surface area contributed by atoms with E-state index >= 15 is 0 Å². The molecule has 0 fully saturated rings. The molecule has 4 aromatic carbocycles. The van der Waals surface area contributed by atoms with E-state index in [-0.39, 0.29) is 29.5 Å². The van der Waals surface area contributed by atoms with Crippen LogP contribution in [-0.4, -0.2) is 26.4 Å². The van der Waals surface area contributed by atoms with Crippen molar-refractivity contribution in [2.75, 3.05) is 7.11 Å². The summed E-state index contributed by atoms with van der Waals surface area (Å²) in [5, 5.41) is 1.08. The van der Waals surface area contributed by atoms with Crippen LogP contribution in [0.3, 0.4) is 0 Å². The van der Waals surface area contributed by atoms with Gasteiger partial charge in [-0.05, 0) is 60.2 Å². The van der Waals surface area contributed by atoms with Gasteiger partial charge >= 0.3 is 0 Å². The Morgan fingerprint density at radius 2 is 1.56 bits per heavy atom. The van der Waals surface area contributed by atoms with E-state index in [1.807, 2.05) is 60.7 Å². The second kappa shape index (κ2) is 13.2. The number of carbonyl (C=O) groups excluding carboxylic acids is 1. The summed E-state index contributed by atoms with van der Waals surface area (Å²) in [5.41, 5.74) is 2.72. The van der Waals surface area contributed by atoms with Crippen LogP contribution >= 0.6 is 12.4 Å². The molecule has 0 spiro atoms. The molecule has 0 bridgehead atoms. The summed E-state index contributed by atoms with van der Waals surface area (Å²) in [5.74, 6) is 0.588. The van der Waals surface area contributed by atoms with Crippen LogP contribution in [-0.2, 0) is 23.2 Å². The summed E-state index contributed by atoms with van der Waals surface area (Å²) < 4.78 is 44.4. The molecule has 1 aromatic heterocycles. The molecule has 1 amide bonds. The lowest BCUT2D eigenvalue weighted by Gasteiger charge is -2.13. The third kappa shape index (κ3) is 7.33. The fourth-order valence-electron chi connectivity index (χ4n) is 4.00. The third-order valence-electron chi connectivity index (χ3n) is 6.04. The van der Waals surface area contributed by atoms with Crippen LogP contribution in [0.5, 0.6) is 17.2 Å². The third-order valence-corrected chi connectivity index (χ3v) is 7.39. The number of sulfonamides is 1. The van der Waals surface area contributed by atoms with E-state index in [2.05, 4.69) is 9.71 Å². The zero-order valence-electron chi connectivity index (χ0n) is 22.0. The SMILES string of the molecule is COc1cc(C(=O)NS(=O)(=O)c2ccccc2)ccc1OCc1cccc(OCc2ccc3ccccc3n2)c1.Cl. The predicted octanol–water partition coefficient (Wildman–Crippen LogP) is 5.94. The van der Waals surface area contributed by atoms with Gasteiger partial charge in [0, 0.05) is 10.9 Å². The Labute approximate surface area is 244 Å². The second-order valence-electron chi connectivity index (χ2n) is 8.83. The molecular formula is C31H27ClN2O6S. The number of nitrogens with one attached hydrogen (secondary N) is 1. The number of hydrogen-bond acceptors (Lipinski definition) is 7. The van der Waals surface area contributed by atoms with Crippen molar-refractivity contribution in [3.63, 3.8) is 0 Å². The van der Waals surface area contributed by atoms with Gasteiger partial charge in [0.05, 0.1) is 23.2 Å². The largest absolute Gasteiger partial charge is 0.493 e. The average molecular weight is 591 g/mol. The number of amides is 1. The number of fused-ring (bicyclic) bond motifs is 1. The number of ether oxygens (including phenoxy) is 3. The van der Waals surface area contributed by atoms with E-state index in [1.165, 1.54) is 31.4 Å². The molecule has 210 valence electrons.